The summed E-state index contributed by atoms with van der Waals surface area (Å²) in [7, 11) is 0. The van der Waals surface area contributed by atoms with Crippen LogP contribution in [0.1, 0.15) is 6.42 Å². The molecule has 0 aromatic heterocycles. The van der Waals surface area contributed by atoms with Gasteiger partial charge in [-0.15, -0.1) is 6.58 Å². The van der Waals surface area contributed by atoms with Crippen molar-refractivity contribution in [2.45, 2.75) is 26.5 Å². The summed E-state index contributed by atoms with van der Waals surface area (Å²) in [6.45, 7) is 3.34. The molecule has 0 amide bonds. The van der Waals surface area contributed by atoms with Gasteiger partial charge in [-0.2, -0.15) is 12.6 Å². The first-order valence-electron chi connectivity index (χ1n) is 3.68. The molecule has 0 bridgehead atoms. The van der Waals surface area contributed by atoms with Crippen LogP contribution in [0.5, 0.6) is 0 Å². The van der Waals surface area contributed by atoms with Crippen LogP contribution in [0.25, 0.3) is 0 Å². The molecular weight excluding hydrogens is 279 g/mol. The van der Waals surface area contributed by atoms with Gasteiger partial charge in [0.15, 0.2) is 0 Å². The maximum absolute atomic E-state index is 9.85. The quantitative estimate of drug-likeness (QED) is 0.479. The molecule has 0 spiro atoms. The minimum absolute atomic E-state index is 0.353. The molecule has 2 nitrogen and oxygen atoms in total. The van der Waals surface area contributed by atoms with E-state index < -0.39 is 31.0 Å². The zero-order chi connectivity index (χ0) is 10.1. The van der Waals surface area contributed by atoms with Crippen LogP contribution in [0.2, 0.25) is 14.8 Å². The van der Waals surface area contributed by atoms with Gasteiger partial charge in [0.1, 0.15) is 0 Å². The Morgan fingerprint density at radius 2 is 2.00 bits per heavy atom. The molecule has 0 aliphatic rings. The van der Waals surface area contributed by atoms with Crippen molar-refractivity contribution >= 4 is 38.4 Å². The van der Waals surface area contributed by atoms with Gasteiger partial charge in [-0.3, -0.25) is 0 Å². The first-order valence-corrected chi connectivity index (χ1v) is 12.8. The fourth-order valence-electron chi connectivity index (χ4n) is 0.254. The molecule has 1 atom stereocenters. The molecule has 0 heterocycles. The van der Waals surface area contributed by atoms with Gasteiger partial charge in [-0.25, -0.2) is 0 Å². The number of hydrogen-bond acceptors (Lipinski definition) is 3. The van der Waals surface area contributed by atoms with Gasteiger partial charge >= 0.3 is 34.6 Å². The van der Waals surface area contributed by atoms with Gasteiger partial charge in [0.2, 0.25) is 0 Å². The van der Waals surface area contributed by atoms with E-state index >= 15 is 0 Å². The van der Waals surface area contributed by atoms with Crippen molar-refractivity contribution in [1.82, 2.24) is 0 Å². The third-order valence-corrected chi connectivity index (χ3v) is 1.08. The van der Waals surface area contributed by atoms with E-state index in [-0.39, 0.29) is 0 Å². The second-order valence-electron chi connectivity index (χ2n) is 2.86. The Morgan fingerprint density at radius 3 is 2.08 bits per heavy atom. The van der Waals surface area contributed by atoms with E-state index in [1.165, 1.54) is 6.08 Å². The number of hydrogen-bond donors (Lipinski definition) is 1. The van der Waals surface area contributed by atoms with Crippen molar-refractivity contribution in [3.05, 3.63) is 12.7 Å². The minimum atomic E-state index is -1.15. The van der Waals surface area contributed by atoms with E-state index in [0.717, 1.165) is 0 Å². The summed E-state index contributed by atoms with van der Waals surface area (Å²) in [5.41, 5.74) is 0. The fraction of sp³-hybridized carbons (Fsp3) is 0.625. The van der Waals surface area contributed by atoms with Gasteiger partial charge < -0.3 is 9.90 Å². The fourth-order valence-corrected chi connectivity index (χ4v) is 0.403. The summed E-state index contributed by atoms with van der Waals surface area (Å²) in [4.78, 5) is 16.9. The van der Waals surface area contributed by atoms with Gasteiger partial charge in [0.05, 0.1) is 5.97 Å². The van der Waals surface area contributed by atoms with Crippen LogP contribution < -0.4 is 5.11 Å². The molecule has 0 radical (unpaired) electrons. The van der Waals surface area contributed by atoms with Crippen molar-refractivity contribution in [3.63, 3.8) is 0 Å². The zero-order valence-electron chi connectivity index (χ0n) is 7.83. The standard InChI is InChI=1S/C5H8O2S.3CH3.Sn/c1-2-3-4(8)5(6)7;;;;/h2,4,8H,1,3H2,(H,6,7);3*1H3;/q;;;;+1/p-1. The summed E-state index contributed by atoms with van der Waals surface area (Å²) in [6.07, 6.45) is 1.85. The number of thiol groups is 1. The molecule has 0 fully saturated rings. The number of rotatable bonds is 3. The molecule has 0 aromatic carbocycles. The monoisotopic (exact) mass is 296 g/mol. The van der Waals surface area contributed by atoms with Crippen molar-refractivity contribution in [2.75, 3.05) is 0 Å². The molecule has 70 valence electrons. The number of carbonyl (C=O) groups is 1. The van der Waals surface area contributed by atoms with Crippen LogP contribution in [-0.2, 0) is 4.79 Å². The summed E-state index contributed by atoms with van der Waals surface area (Å²) in [5.74, 6) is -1.15. The van der Waals surface area contributed by atoms with E-state index in [1.807, 2.05) is 0 Å². The van der Waals surface area contributed by atoms with Gasteiger partial charge in [0.25, 0.3) is 0 Å². The first-order chi connectivity index (χ1) is 5.41. The van der Waals surface area contributed by atoms with E-state index in [9.17, 15) is 9.90 Å². The Balaban J connectivity index is 0. The van der Waals surface area contributed by atoms with Gasteiger partial charge in [0, 0.05) is 5.25 Å². The molecule has 1 unspecified atom stereocenters. The topological polar surface area (TPSA) is 40.1 Å². The van der Waals surface area contributed by atoms with Crippen LogP contribution in [-0.4, -0.2) is 31.0 Å². The van der Waals surface area contributed by atoms with Crippen LogP contribution in [0.15, 0.2) is 12.7 Å². The van der Waals surface area contributed by atoms with E-state index in [0.29, 0.717) is 6.42 Å². The molecule has 0 aromatic rings. The molecule has 4 heteroatoms. The van der Waals surface area contributed by atoms with Gasteiger partial charge in [-0.05, 0) is 6.42 Å². The third kappa shape index (κ3) is 16.8. The number of carboxylic acids is 1. The second kappa shape index (κ2) is 9.45. The number of aliphatic carboxylic acids is 1. The molecule has 0 aliphatic heterocycles. The maximum atomic E-state index is 9.85. The van der Waals surface area contributed by atoms with Crippen molar-refractivity contribution < 1.29 is 9.90 Å². The molecule has 0 rings (SSSR count). The summed E-state index contributed by atoms with van der Waals surface area (Å²) in [5, 5.41) is 9.15. The van der Waals surface area contributed by atoms with Crippen molar-refractivity contribution in [1.29, 1.82) is 0 Å². The van der Waals surface area contributed by atoms with Crippen molar-refractivity contribution in [2.24, 2.45) is 0 Å². The van der Waals surface area contributed by atoms with E-state index in [2.05, 4.69) is 34.0 Å². The van der Waals surface area contributed by atoms with Crippen LogP contribution >= 0.6 is 12.6 Å². The molecule has 0 aliphatic carbocycles. The third-order valence-electron chi connectivity index (χ3n) is 0.662. The second-order valence-corrected chi connectivity index (χ2v) is 12.0. The predicted molar refractivity (Wildman–Crippen MR) is 55.9 cm³/mol. The molecule has 0 saturated heterocycles. The van der Waals surface area contributed by atoms with Crippen LogP contribution in [0.3, 0.4) is 0 Å². The molecule has 12 heavy (non-hydrogen) atoms. The van der Waals surface area contributed by atoms with Crippen molar-refractivity contribution in [3.8, 4) is 0 Å². The summed E-state index contributed by atoms with van der Waals surface area (Å²) >= 11 is 3.13. The SMILES string of the molecule is C=CCC(S)C(=O)[O-].[CH3][Sn+]([CH3])[CH3]. The molecule has 0 N–H and O–H groups in total. The van der Waals surface area contributed by atoms with Crippen LogP contribution in [0, 0.1) is 0 Å². The zero-order valence-corrected chi connectivity index (χ0v) is 11.6. The Hall–Kier alpha value is 0.359. The van der Waals surface area contributed by atoms with Gasteiger partial charge in [-0.1, -0.05) is 6.08 Å². The first kappa shape index (κ1) is 14.9. The molecule has 0 saturated carbocycles. The Kier molecular flexibility index (Phi) is 11.7. The predicted octanol–water partition coefficient (Wildman–Crippen LogP) is 0.981. The number of carboxylic acid groups (broad SMARTS) is 1. The average molecular weight is 295 g/mol. The Morgan fingerprint density at radius 1 is 1.67 bits per heavy atom. The van der Waals surface area contributed by atoms with E-state index in [1.54, 1.807) is 0 Å². The number of allylic oxidation sites excluding steroid dienone is 1. The van der Waals surface area contributed by atoms with Crippen LogP contribution in [0.4, 0.5) is 0 Å². The number of carbonyl (C=O) groups excluding carboxylic acids is 1. The van der Waals surface area contributed by atoms with E-state index in [4.69, 9.17) is 0 Å². The molecular formula is C8H16O2SSn. The normalized spacial score (nSPS) is 10.7. The Bertz CT molecular complexity index is 134. The Labute approximate surface area is 87.2 Å². The average Bonchev–Trinajstić information content (AvgIpc) is 1.86. The summed E-state index contributed by atoms with van der Waals surface area (Å²) in [6, 6.07) is 0. The summed E-state index contributed by atoms with van der Waals surface area (Å²) < 4.78 is 0.